The first kappa shape index (κ1) is 19.7. The summed E-state index contributed by atoms with van der Waals surface area (Å²) < 4.78 is 0. The lowest BCUT2D eigenvalue weighted by molar-refractivity contribution is 0.220. The summed E-state index contributed by atoms with van der Waals surface area (Å²) in [5.74, 6) is 0. The minimum atomic E-state index is 1.09. The Hall–Kier alpha value is -2.64. The molecule has 148 valence electrons. The quantitative estimate of drug-likeness (QED) is 0.425. The predicted octanol–water partition coefficient (Wildman–Crippen LogP) is 7.13. The Bertz CT molecular complexity index is 978. The van der Waals surface area contributed by atoms with Gasteiger partial charge < -0.3 is 0 Å². The topological polar surface area (TPSA) is 3.24 Å². The minimum absolute atomic E-state index is 1.09. The van der Waals surface area contributed by atoms with Crippen molar-refractivity contribution < 1.29 is 0 Å². The van der Waals surface area contributed by atoms with E-state index in [4.69, 9.17) is 0 Å². The van der Waals surface area contributed by atoms with Gasteiger partial charge in [0, 0.05) is 6.54 Å². The summed E-state index contributed by atoms with van der Waals surface area (Å²) in [4.78, 5) is 2.60. The van der Waals surface area contributed by atoms with Gasteiger partial charge in [0.05, 0.1) is 0 Å². The fraction of sp³-hybridized carbons (Fsp3) is 0.286. The van der Waals surface area contributed by atoms with Crippen molar-refractivity contribution in [2.75, 3.05) is 13.1 Å². The van der Waals surface area contributed by atoms with Gasteiger partial charge in [-0.25, -0.2) is 0 Å². The van der Waals surface area contributed by atoms with Crippen LogP contribution in [0, 0.1) is 13.8 Å². The average molecular weight is 382 g/mol. The fourth-order valence-electron chi connectivity index (χ4n) is 4.31. The Labute approximate surface area is 175 Å². The summed E-state index contributed by atoms with van der Waals surface area (Å²) in [6, 6.07) is 24.1. The van der Waals surface area contributed by atoms with Crippen LogP contribution in [0.1, 0.15) is 47.1 Å². The molecule has 1 heteroatoms. The molecule has 0 unspecified atom stereocenters. The Kier molecular flexibility index (Phi) is 6.27. The monoisotopic (exact) mass is 381 g/mol. The van der Waals surface area contributed by atoms with E-state index < -0.39 is 0 Å². The van der Waals surface area contributed by atoms with Crippen LogP contribution in [0.3, 0.4) is 0 Å². The Morgan fingerprint density at radius 2 is 1.59 bits per heavy atom. The zero-order chi connectivity index (χ0) is 20.1. The van der Waals surface area contributed by atoms with Crippen molar-refractivity contribution in [1.82, 2.24) is 4.90 Å². The van der Waals surface area contributed by atoms with E-state index in [2.05, 4.69) is 97.6 Å². The molecule has 1 saturated heterocycles. The van der Waals surface area contributed by atoms with Crippen LogP contribution in [0.5, 0.6) is 0 Å². The normalized spacial score (nSPS) is 15.1. The molecule has 0 atom stereocenters. The van der Waals surface area contributed by atoms with Gasteiger partial charge in [-0.2, -0.15) is 0 Å². The van der Waals surface area contributed by atoms with Gasteiger partial charge >= 0.3 is 0 Å². The zero-order valence-corrected chi connectivity index (χ0v) is 17.7. The molecule has 1 fully saturated rings. The van der Waals surface area contributed by atoms with Gasteiger partial charge in [0.15, 0.2) is 0 Å². The molecule has 0 amide bonds. The lowest BCUT2D eigenvalue weighted by Gasteiger charge is -2.27. The molecule has 3 aromatic rings. The van der Waals surface area contributed by atoms with Crippen molar-refractivity contribution in [1.29, 1.82) is 0 Å². The maximum atomic E-state index is 2.60. The first-order chi connectivity index (χ1) is 14.2. The summed E-state index contributed by atoms with van der Waals surface area (Å²) in [7, 11) is 0. The fourth-order valence-corrected chi connectivity index (χ4v) is 4.31. The van der Waals surface area contributed by atoms with E-state index in [1.807, 2.05) is 0 Å². The number of rotatable bonds is 5. The summed E-state index contributed by atoms with van der Waals surface area (Å²) in [6.07, 6.45) is 8.59. The van der Waals surface area contributed by atoms with Crippen LogP contribution in [-0.4, -0.2) is 18.0 Å². The first-order valence-corrected chi connectivity index (χ1v) is 10.9. The SMILES string of the molecule is Cc1cc(/C=C/c2cccc(-c3ccccc3)c2C)ccc1CN1CCCCC1. The van der Waals surface area contributed by atoms with E-state index in [0.29, 0.717) is 0 Å². The van der Waals surface area contributed by atoms with E-state index >= 15 is 0 Å². The highest BCUT2D eigenvalue weighted by Crippen LogP contribution is 2.27. The van der Waals surface area contributed by atoms with E-state index in [9.17, 15) is 0 Å². The Balaban J connectivity index is 1.51. The molecule has 0 saturated carbocycles. The molecule has 0 N–H and O–H groups in total. The molecule has 0 aromatic heterocycles. The molecular weight excluding hydrogens is 350 g/mol. The van der Waals surface area contributed by atoms with Gasteiger partial charge in [0.2, 0.25) is 0 Å². The van der Waals surface area contributed by atoms with Crippen LogP contribution in [0.15, 0.2) is 66.7 Å². The van der Waals surface area contributed by atoms with Crippen molar-refractivity contribution in [3.8, 4) is 11.1 Å². The van der Waals surface area contributed by atoms with Gasteiger partial charge in [0.25, 0.3) is 0 Å². The number of nitrogens with zero attached hydrogens (tertiary/aromatic N) is 1. The molecule has 1 aliphatic heterocycles. The van der Waals surface area contributed by atoms with Gasteiger partial charge in [-0.05, 0) is 78.7 Å². The molecule has 0 radical (unpaired) electrons. The van der Waals surface area contributed by atoms with Gasteiger partial charge in [-0.1, -0.05) is 85.3 Å². The third-order valence-corrected chi connectivity index (χ3v) is 6.13. The maximum absolute atomic E-state index is 2.60. The molecule has 0 aliphatic carbocycles. The van der Waals surface area contributed by atoms with Crippen molar-refractivity contribution in [2.45, 2.75) is 39.7 Å². The Morgan fingerprint density at radius 3 is 2.34 bits per heavy atom. The van der Waals surface area contributed by atoms with Crippen LogP contribution < -0.4 is 0 Å². The third-order valence-electron chi connectivity index (χ3n) is 6.13. The van der Waals surface area contributed by atoms with Crippen molar-refractivity contribution in [2.24, 2.45) is 0 Å². The molecule has 0 bridgehead atoms. The number of piperidine rings is 1. The van der Waals surface area contributed by atoms with Gasteiger partial charge in [-0.3, -0.25) is 4.90 Å². The molecule has 1 nitrogen and oxygen atoms in total. The molecule has 1 aliphatic rings. The predicted molar refractivity (Wildman–Crippen MR) is 126 cm³/mol. The third kappa shape index (κ3) is 4.86. The lowest BCUT2D eigenvalue weighted by atomic mass is 9.96. The molecule has 4 rings (SSSR count). The summed E-state index contributed by atoms with van der Waals surface area (Å²) in [5.41, 5.74) is 9.32. The summed E-state index contributed by atoms with van der Waals surface area (Å²) in [6.45, 7) is 8.05. The van der Waals surface area contributed by atoms with Crippen molar-refractivity contribution >= 4 is 12.2 Å². The van der Waals surface area contributed by atoms with E-state index in [1.54, 1.807) is 0 Å². The lowest BCUT2D eigenvalue weighted by Crippen LogP contribution is -2.29. The highest BCUT2D eigenvalue weighted by atomic mass is 15.1. The standard InChI is InChI=1S/C28H31N/c1-22-20-24(15-17-27(22)21-29-18-7-4-8-19-29)14-16-25-12-9-13-28(23(25)2)26-10-5-3-6-11-26/h3,5-6,9-17,20H,4,7-8,18-19,21H2,1-2H3/b16-14+. The highest BCUT2D eigenvalue weighted by molar-refractivity contribution is 5.77. The first-order valence-electron chi connectivity index (χ1n) is 10.9. The maximum Gasteiger partial charge on any atom is 0.0236 e. The minimum Gasteiger partial charge on any atom is -0.299 e. The van der Waals surface area contributed by atoms with E-state index in [1.165, 1.54) is 71.3 Å². The van der Waals surface area contributed by atoms with Crippen LogP contribution in [0.4, 0.5) is 0 Å². The number of likely N-dealkylation sites (tertiary alicyclic amines) is 1. The highest BCUT2D eigenvalue weighted by Gasteiger charge is 2.11. The zero-order valence-electron chi connectivity index (χ0n) is 17.7. The second-order valence-electron chi connectivity index (χ2n) is 8.24. The van der Waals surface area contributed by atoms with Gasteiger partial charge in [0.1, 0.15) is 0 Å². The van der Waals surface area contributed by atoms with Crippen LogP contribution in [0.25, 0.3) is 23.3 Å². The van der Waals surface area contributed by atoms with Crippen LogP contribution >= 0.6 is 0 Å². The largest absolute Gasteiger partial charge is 0.299 e. The van der Waals surface area contributed by atoms with Crippen molar-refractivity contribution in [3.63, 3.8) is 0 Å². The molecular formula is C28H31N. The summed E-state index contributed by atoms with van der Waals surface area (Å²) in [5, 5.41) is 0. The number of benzene rings is 3. The molecule has 29 heavy (non-hydrogen) atoms. The van der Waals surface area contributed by atoms with Gasteiger partial charge in [-0.15, -0.1) is 0 Å². The number of aryl methyl sites for hydroxylation is 1. The van der Waals surface area contributed by atoms with Crippen LogP contribution in [-0.2, 0) is 6.54 Å². The van der Waals surface area contributed by atoms with Crippen molar-refractivity contribution in [3.05, 3.63) is 94.5 Å². The average Bonchev–Trinajstić information content (AvgIpc) is 2.76. The second-order valence-corrected chi connectivity index (χ2v) is 8.24. The van der Waals surface area contributed by atoms with E-state index in [0.717, 1.165) is 6.54 Å². The number of hydrogen-bond acceptors (Lipinski definition) is 1. The molecule has 1 heterocycles. The number of hydrogen-bond donors (Lipinski definition) is 0. The van der Waals surface area contributed by atoms with E-state index in [-0.39, 0.29) is 0 Å². The van der Waals surface area contributed by atoms with Crippen LogP contribution in [0.2, 0.25) is 0 Å². The second kappa shape index (κ2) is 9.24. The summed E-state index contributed by atoms with van der Waals surface area (Å²) >= 11 is 0. The molecule has 3 aromatic carbocycles. The Morgan fingerprint density at radius 1 is 0.793 bits per heavy atom. The molecule has 0 spiro atoms. The smallest absolute Gasteiger partial charge is 0.0236 e.